The highest BCUT2D eigenvalue weighted by molar-refractivity contribution is 5.99. The number of rotatable bonds is 45. The molecule has 10 amide bonds. The predicted molar refractivity (Wildman–Crippen MR) is 341 cm³/mol. The van der Waals surface area contributed by atoms with Gasteiger partial charge in [-0.1, -0.05) is 145 Å². The first kappa shape index (κ1) is 78.7. The van der Waals surface area contributed by atoms with Crippen LogP contribution in [0.5, 0.6) is 0 Å². The summed E-state index contributed by atoms with van der Waals surface area (Å²) in [5, 5.41) is 22.4. The van der Waals surface area contributed by atoms with Crippen molar-refractivity contribution in [3.63, 3.8) is 0 Å². The molecule has 0 bridgehead atoms. The molecule has 0 spiro atoms. The lowest BCUT2D eigenvalue weighted by Gasteiger charge is -2.38. The van der Waals surface area contributed by atoms with Crippen LogP contribution >= 0.6 is 0 Å². The second-order valence-corrected chi connectivity index (χ2v) is 27.5. The van der Waals surface area contributed by atoms with E-state index >= 15 is 0 Å². The number of likely N-dealkylation sites (N-methyl/N-ethyl adjacent to an activating group) is 1. The van der Waals surface area contributed by atoms with Gasteiger partial charge in [0.15, 0.2) is 0 Å². The van der Waals surface area contributed by atoms with Crippen molar-refractivity contribution in [2.75, 3.05) is 33.7 Å². The molecule has 0 aliphatic carbocycles. The SMILES string of the molecule is CCCCCCCCCCCC(=O)N1CCC[C@H]1N(C=O)[C@@H](CCCCCCCC)C(=O)N[C@@H](CC(C)C)C(=O)NC(C)(C)C(=O)N[C@@H](CC(C)C)C(=O)N[C@@H](CC(C)C)C(=O)NC(C)(C)C(=O)NC(C)(C)C(=O)NCCC(=O)N[C@@H](C)CN(C)C. The van der Waals surface area contributed by atoms with Gasteiger partial charge in [0, 0.05) is 38.5 Å². The van der Waals surface area contributed by atoms with Gasteiger partial charge >= 0.3 is 0 Å². The van der Waals surface area contributed by atoms with Crippen molar-refractivity contribution in [1.82, 2.24) is 57.2 Å². The number of carbonyl (C=O) groups excluding carboxylic acids is 10. The summed E-state index contributed by atoms with van der Waals surface area (Å²) in [6.07, 6.45) is 18.4. The van der Waals surface area contributed by atoms with E-state index in [1.54, 1.807) is 4.90 Å². The molecule has 1 saturated heterocycles. The molecule has 1 aliphatic heterocycles. The number of likely N-dealkylation sites (tertiary alicyclic amines) is 1. The van der Waals surface area contributed by atoms with Crippen molar-refractivity contribution in [3.8, 4) is 0 Å². The molecular weight excluding hydrogens is 1090 g/mol. The average Bonchev–Trinajstić information content (AvgIpc) is 4.06. The van der Waals surface area contributed by atoms with E-state index in [1.807, 2.05) is 67.5 Å². The topological polar surface area (TPSA) is 277 Å². The van der Waals surface area contributed by atoms with E-state index < -0.39 is 88.3 Å². The van der Waals surface area contributed by atoms with Gasteiger partial charge < -0.3 is 57.2 Å². The van der Waals surface area contributed by atoms with Crippen LogP contribution in [0.4, 0.5) is 0 Å². The van der Waals surface area contributed by atoms with E-state index in [0.29, 0.717) is 51.6 Å². The number of hydrogen-bond donors (Lipinski definition) is 8. The summed E-state index contributed by atoms with van der Waals surface area (Å²) in [6, 6.07) is -4.49. The van der Waals surface area contributed by atoms with Gasteiger partial charge in [-0.2, -0.15) is 0 Å². The second kappa shape index (κ2) is 40.3. The first-order valence-electron chi connectivity index (χ1n) is 32.9. The van der Waals surface area contributed by atoms with Gasteiger partial charge in [-0.25, -0.2) is 0 Å². The fourth-order valence-electron chi connectivity index (χ4n) is 10.8. The van der Waals surface area contributed by atoms with Crippen molar-refractivity contribution in [1.29, 1.82) is 0 Å². The average molecular weight is 1220 g/mol. The standard InChI is InChI=1S/C65H121N11O10/c1-18-20-22-24-26-27-28-30-32-36-55(79)75-39-33-35-54(75)76(44-77)52(34-31-29-25-23-21-19-2)59(83)69-51(42-47(7)8)58(82)71-64(12,13)61(85)70-49(40-45(3)4)56(80)68-50(41-46(5)6)57(81)72-65(14,15)62(86)73-63(10,11)60(84)66-38-37-53(78)67-48(9)43-74(16)17/h44-52,54H,18-43H2,1-17H3,(H,66,84)(H,67,78)(H,68,80)(H,69,83)(H,70,85)(H,71,82)(H,72,81)(H,73,86)/t48-,49-,50-,51-,52-,54+/m0/s1. The fraction of sp³-hybridized carbons (Fsp3) is 0.846. The molecule has 0 aromatic carbocycles. The van der Waals surface area contributed by atoms with Crippen LogP contribution in [0.2, 0.25) is 0 Å². The predicted octanol–water partition coefficient (Wildman–Crippen LogP) is 7.28. The summed E-state index contributed by atoms with van der Waals surface area (Å²) in [5.74, 6) is -4.98. The van der Waals surface area contributed by atoms with Crippen molar-refractivity contribution in [2.24, 2.45) is 17.8 Å². The maximum atomic E-state index is 14.7. The van der Waals surface area contributed by atoms with Crippen molar-refractivity contribution < 1.29 is 47.9 Å². The summed E-state index contributed by atoms with van der Waals surface area (Å²) >= 11 is 0. The van der Waals surface area contributed by atoms with Crippen LogP contribution < -0.4 is 42.5 Å². The number of nitrogens with zero attached hydrogens (tertiary/aromatic N) is 3. The van der Waals surface area contributed by atoms with Gasteiger partial charge in [0.1, 0.15) is 46.9 Å². The Morgan fingerprint density at radius 2 is 0.965 bits per heavy atom. The van der Waals surface area contributed by atoms with E-state index in [-0.39, 0.29) is 67.8 Å². The summed E-state index contributed by atoms with van der Waals surface area (Å²) in [5.41, 5.74) is -4.65. The molecule has 1 fully saturated rings. The highest BCUT2D eigenvalue weighted by Gasteiger charge is 2.42. The summed E-state index contributed by atoms with van der Waals surface area (Å²) in [7, 11) is 3.80. The largest absolute Gasteiger partial charge is 0.354 e. The van der Waals surface area contributed by atoms with Crippen molar-refractivity contribution in [3.05, 3.63) is 0 Å². The van der Waals surface area contributed by atoms with Gasteiger partial charge in [-0.05, 0) is 125 Å². The van der Waals surface area contributed by atoms with Crippen LogP contribution in [0.1, 0.15) is 252 Å². The van der Waals surface area contributed by atoms with Crippen LogP contribution in [0, 0.1) is 17.8 Å². The summed E-state index contributed by atoms with van der Waals surface area (Å²) < 4.78 is 0. The highest BCUT2D eigenvalue weighted by Crippen LogP contribution is 2.26. The van der Waals surface area contributed by atoms with Gasteiger partial charge in [0.25, 0.3) is 0 Å². The Balaban J connectivity index is 3.29. The Bertz CT molecular complexity index is 2110. The smallest absolute Gasteiger partial charge is 0.246 e. The van der Waals surface area contributed by atoms with Gasteiger partial charge in [-0.3, -0.25) is 47.9 Å². The third-order valence-corrected chi connectivity index (χ3v) is 15.7. The van der Waals surface area contributed by atoms with E-state index in [4.69, 9.17) is 0 Å². The Morgan fingerprint density at radius 3 is 1.44 bits per heavy atom. The molecule has 86 heavy (non-hydrogen) atoms. The molecule has 0 radical (unpaired) electrons. The lowest BCUT2D eigenvalue weighted by Crippen LogP contribution is -2.65. The number of unbranched alkanes of at least 4 members (excludes halogenated alkanes) is 13. The summed E-state index contributed by atoms with van der Waals surface area (Å²) in [4.78, 5) is 144. The van der Waals surface area contributed by atoms with Crippen LogP contribution in [-0.4, -0.2) is 161 Å². The van der Waals surface area contributed by atoms with Crippen LogP contribution in [0.3, 0.4) is 0 Å². The monoisotopic (exact) mass is 1220 g/mol. The lowest BCUT2D eigenvalue weighted by molar-refractivity contribution is -0.146. The quantitative estimate of drug-likeness (QED) is 0.0222. The molecule has 0 aromatic heterocycles. The minimum absolute atomic E-state index is 0.0269. The van der Waals surface area contributed by atoms with Gasteiger partial charge in [0.2, 0.25) is 59.6 Å². The van der Waals surface area contributed by atoms with E-state index in [0.717, 1.165) is 57.8 Å². The number of carbonyl (C=O) groups is 10. The maximum Gasteiger partial charge on any atom is 0.246 e. The van der Waals surface area contributed by atoms with Gasteiger partial charge in [-0.15, -0.1) is 0 Å². The molecule has 21 nitrogen and oxygen atoms in total. The zero-order valence-corrected chi connectivity index (χ0v) is 56.6. The van der Waals surface area contributed by atoms with Gasteiger partial charge in [0.05, 0.1) is 0 Å². The van der Waals surface area contributed by atoms with Crippen molar-refractivity contribution in [2.45, 2.75) is 305 Å². The molecule has 1 heterocycles. The minimum atomic E-state index is -1.63. The fourth-order valence-corrected chi connectivity index (χ4v) is 10.8. The van der Waals surface area contributed by atoms with E-state index in [1.165, 1.54) is 78.5 Å². The van der Waals surface area contributed by atoms with E-state index in [2.05, 4.69) is 56.4 Å². The molecule has 1 rings (SSSR count). The maximum absolute atomic E-state index is 14.7. The molecule has 496 valence electrons. The minimum Gasteiger partial charge on any atom is -0.354 e. The van der Waals surface area contributed by atoms with Crippen LogP contribution in [0.15, 0.2) is 0 Å². The molecule has 6 atom stereocenters. The number of amides is 10. The zero-order valence-electron chi connectivity index (χ0n) is 56.6. The normalized spacial score (nSPS) is 15.5. The number of nitrogens with one attached hydrogen (secondary N) is 8. The highest BCUT2D eigenvalue weighted by atomic mass is 16.2. The lowest BCUT2D eigenvalue weighted by atomic mass is 9.96. The summed E-state index contributed by atoms with van der Waals surface area (Å²) in [6.45, 7) is 27.6. The zero-order chi connectivity index (χ0) is 65.4. The Labute approximate surface area is 518 Å². The molecular formula is C65H121N11O10. The Morgan fingerprint density at radius 1 is 0.523 bits per heavy atom. The second-order valence-electron chi connectivity index (χ2n) is 27.5. The Kier molecular flexibility index (Phi) is 36.8. The molecule has 0 saturated carbocycles. The molecule has 21 heteroatoms. The Hall–Kier alpha value is -5.34. The molecule has 0 aromatic rings. The first-order valence-corrected chi connectivity index (χ1v) is 32.9. The first-order chi connectivity index (χ1) is 40.2. The third-order valence-electron chi connectivity index (χ3n) is 15.7. The third kappa shape index (κ3) is 30.5. The molecule has 0 unspecified atom stereocenters. The van der Waals surface area contributed by atoms with E-state index in [9.17, 15) is 47.9 Å². The van der Waals surface area contributed by atoms with Crippen LogP contribution in [0.25, 0.3) is 0 Å². The number of hydrogen-bond acceptors (Lipinski definition) is 11. The molecule has 1 aliphatic rings. The molecule has 8 N–H and O–H groups in total. The van der Waals surface area contributed by atoms with Crippen LogP contribution in [-0.2, 0) is 47.9 Å². The van der Waals surface area contributed by atoms with Crippen molar-refractivity contribution >= 4 is 59.6 Å².